The SMILES string of the molecule is COc1ccc([N+](=O)[O-])cc1CNCC(C)CCO. The fourth-order valence-corrected chi connectivity index (χ4v) is 1.79. The molecule has 1 aromatic carbocycles. The summed E-state index contributed by atoms with van der Waals surface area (Å²) >= 11 is 0. The van der Waals surface area contributed by atoms with E-state index in [1.54, 1.807) is 13.2 Å². The Morgan fingerprint density at radius 1 is 1.53 bits per heavy atom. The lowest BCUT2D eigenvalue weighted by atomic mass is 10.1. The molecule has 0 aliphatic heterocycles. The van der Waals surface area contributed by atoms with Crippen molar-refractivity contribution in [3.8, 4) is 5.75 Å². The molecule has 6 nitrogen and oxygen atoms in total. The Morgan fingerprint density at radius 3 is 2.84 bits per heavy atom. The number of aliphatic hydroxyl groups excluding tert-OH is 1. The number of rotatable bonds is 8. The molecule has 0 bridgehead atoms. The number of nitro groups is 1. The quantitative estimate of drug-likeness (QED) is 0.554. The van der Waals surface area contributed by atoms with Gasteiger partial charge in [-0.15, -0.1) is 0 Å². The maximum absolute atomic E-state index is 10.7. The maximum Gasteiger partial charge on any atom is 0.270 e. The van der Waals surface area contributed by atoms with Gasteiger partial charge < -0.3 is 15.2 Å². The second kappa shape index (κ2) is 7.70. The maximum atomic E-state index is 10.7. The highest BCUT2D eigenvalue weighted by Gasteiger charge is 2.11. The average molecular weight is 268 g/mol. The van der Waals surface area contributed by atoms with Crippen LogP contribution in [0.1, 0.15) is 18.9 Å². The number of hydrogen-bond acceptors (Lipinski definition) is 5. The van der Waals surface area contributed by atoms with Crippen molar-refractivity contribution in [2.45, 2.75) is 19.9 Å². The highest BCUT2D eigenvalue weighted by atomic mass is 16.6. The molecule has 0 radical (unpaired) electrons. The third-order valence-corrected chi connectivity index (χ3v) is 2.90. The number of nitrogens with zero attached hydrogens (tertiary/aromatic N) is 1. The Balaban J connectivity index is 2.65. The van der Waals surface area contributed by atoms with Crippen molar-refractivity contribution in [2.75, 3.05) is 20.3 Å². The molecule has 6 heteroatoms. The summed E-state index contributed by atoms with van der Waals surface area (Å²) in [6.45, 7) is 3.45. The molecule has 1 aromatic rings. The van der Waals surface area contributed by atoms with Crippen LogP contribution in [0.2, 0.25) is 0 Å². The van der Waals surface area contributed by atoms with E-state index in [0.29, 0.717) is 18.2 Å². The fraction of sp³-hybridized carbons (Fsp3) is 0.538. The van der Waals surface area contributed by atoms with Crippen LogP contribution in [0.5, 0.6) is 5.75 Å². The number of ether oxygens (including phenoxy) is 1. The minimum atomic E-state index is -0.419. The molecule has 1 rings (SSSR count). The number of nitrogens with one attached hydrogen (secondary N) is 1. The molecule has 0 saturated carbocycles. The zero-order valence-corrected chi connectivity index (χ0v) is 11.3. The molecule has 0 saturated heterocycles. The molecule has 19 heavy (non-hydrogen) atoms. The number of nitro benzene ring substituents is 1. The van der Waals surface area contributed by atoms with Gasteiger partial charge in [-0.2, -0.15) is 0 Å². The number of non-ortho nitro benzene ring substituents is 1. The van der Waals surface area contributed by atoms with Crippen LogP contribution in [0.15, 0.2) is 18.2 Å². The van der Waals surface area contributed by atoms with Gasteiger partial charge in [0.2, 0.25) is 0 Å². The summed E-state index contributed by atoms with van der Waals surface area (Å²) in [5.74, 6) is 0.989. The number of methoxy groups -OCH3 is 1. The minimum Gasteiger partial charge on any atom is -0.496 e. The van der Waals surface area contributed by atoms with Gasteiger partial charge in [-0.1, -0.05) is 6.92 Å². The van der Waals surface area contributed by atoms with Gasteiger partial charge in [0.15, 0.2) is 0 Å². The Morgan fingerprint density at radius 2 is 2.26 bits per heavy atom. The predicted molar refractivity (Wildman–Crippen MR) is 72.2 cm³/mol. The van der Waals surface area contributed by atoms with Gasteiger partial charge in [-0.05, 0) is 24.9 Å². The molecule has 0 amide bonds. The zero-order valence-electron chi connectivity index (χ0n) is 11.3. The van der Waals surface area contributed by atoms with Gasteiger partial charge in [-0.25, -0.2) is 0 Å². The summed E-state index contributed by atoms with van der Waals surface area (Å²) in [7, 11) is 1.54. The van der Waals surface area contributed by atoms with E-state index in [1.165, 1.54) is 12.1 Å². The monoisotopic (exact) mass is 268 g/mol. The molecule has 2 N–H and O–H groups in total. The van der Waals surface area contributed by atoms with E-state index in [4.69, 9.17) is 9.84 Å². The first-order chi connectivity index (χ1) is 9.08. The van der Waals surface area contributed by atoms with E-state index in [0.717, 1.165) is 18.5 Å². The Bertz CT molecular complexity index is 423. The molecule has 1 atom stereocenters. The van der Waals surface area contributed by atoms with E-state index in [1.807, 2.05) is 6.92 Å². The van der Waals surface area contributed by atoms with Gasteiger partial charge in [0.05, 0.1) is 12.0 Å². The Kier molecular flexibility index (Phi) is 6.24. The fourth-order valence-electron chi connectivity index (χ4n) is 1.79. The van der Waals surface area contributed by atoms with E-state index in [9.17, 15) is 10.1 Å². The first kappa shape index (κ1) is 15.4. The minimum absolute atomic E-state index is 0.0565. The Hall–Kier alpha value is -1.66. The first-order valence-electron chi connectivity index (χ1n) is 6.21. The van der Waals surface area contributed by atoms with Crippen LogP contribution >= 0.6 is 0 Å². The predicted octanol–water partition coefficient (Wildman–Crippen LogP) is 1.71. The van der Waals surface area contributed by atoms with Crippen molar-refractivity contribution in [1.29, 1.82) is 0 Å². The van der Waals surface area contributed by atoms with Crippen molar-refractivity contribution in [2.24, 2.45) is 5.92 Å². The van der Waals surface area contributed by atoms with Crippen molar-refractivity contribution in [3.63, 3.8) is 0 Å². The van der Waals surface area contributed by atoms with Gasteiger partial charge >= 0.3 is 0 Å². The van der Waals surface area contributed by atoms with Crippen LogP contribution in [0.25, 0.3) is 0 Å². The third-order valence-electron chi connectivity index (χ3n) is 2.90. The van der Waals surface area contributed by atoms with Gasteiger partial charge in [0.25, 0.3) is 5.69 Å². The van der Waals surface area contributed by atoms with Crippen LogP contribution in [0, 0.1) is 16.0 Å². The van der Waals surface area contributed by atoms with Gasteiger partial charge in [0.1, 0.15) is 5.75 Å². The molecule has 0 fully saturated rings. The van der Waals surface area contributed by atoms with E-state index < -0.39 is 4.92 Å². The molecule has 0 aromatic heterocycles. The molecule has 0 aliphatic rings. The first-order valence-corrected chi connectivity index (χ1v) is 6.21. The van der Waals surface area contributed by atoms with Crippen molar-refractivity contribution in [3.05, 3.63) is 33.9 Å². The summed E-state index contributed by atoms with van der Waals surface area (Å²) < 4.78 is 5.18. The highest BCUT2D eigenvalue weighted by molar-refractivity contribution is 5.43. The van der Waals surface area contributed by atoms with Crippen LogP contribution in [0.3, 0.4) is 0 Å². The van der Waals surface area contributed by atoms with Crippen LogP contribution in [-0.2, 0) is 6.54 Å². The van der Waals surface area contributed by atoms with Crippen molar-refractivity contribution < 1.29 is 14.8 Å². The van der Waals surface area contributed by atoms with Crippen molar-refractivity contribution in [1.82, 2.24) is 5.32 Å². The third kappa shape index (κ3) is 4.84. The topological polar surface area (TPSA) is 84.6 Å². The molecular weight excluding hydrogens is 248 g/mol. The number of benzene rings is 1. The number of aliphatic hydroxyl groups is 1. The highest BCUT2D eigenvalue weighted by Crippen LogP contribution is 2.23. The molecule has 0 heterocycles. The Labute approximate surface area is 112 Å². The molecule has 1 unspecified atom stereocenters. The summed E-state index contributed by atoms with van der Waals surface area (Å²) in [5, 5.41) is 22.8. The largest absolute Gasteiger partial charge is 0.496 e. The zero-order chi connectivity index (χ0) is 14.3. The molecule has 106 valence electrons. The van der Waals surface area contributed by atoms with Crippen molar-refractivity contribution >= 4 is 5.69 Å². The summed E-state index contributed by atoms with van der Waals surface area (Å²) in [4.78, 5) is 10.3. The second-order valence-electron chi connectivity index (χ2n) is 4.50. The van der Waals surface area contributed by atoms with Crippen LogP contribution in [0.4, 0.5) is 5.69 Å². The van der Waals surface area contributed by atoms with E-state index in [2.05, 4.69) is 5.32 Å². The number of hydrogen-bond donors (Lipinski definition) is 2. The molecule has 0 spiro atoms. The summed E-state index contributed by atoms with van der Waals surface area (Å²) in [5.41, 5.74) is 0.814. The average Bonchev–Trinajstić information content (AvgIpc) is 2.38. The summed E-state index contributed by atoms with van der Waals surface area (Å²) in [6, 6.07) is 4.55. The van der Waals surface area contributed by atoms with Crippen LogP contribution in [-0.4, -0.2) is 30.3 Å². The smallest absolute Gasteiger partial charge is 0.270 e. The van der Waals surface area contributed by atoms with Gasteiger partial charge in [-0.3, -0.25) is 10.1 Å². The van der Waals surface area contributed by atoms with E-state index >= 15 is 0 Å². The van der Waals surface area contributed by atoms with E-state index in [-0.39, 0.29) is 12.3 Å². The summed E-state index contributed by atoms with van der Waals surface area (Å²) in [6.07, 6.45) is 0.735. The second-order valence-corrected chi connectivity index (χ2v) is 4.50. The lowest BCUT2D eigenvalue weighted by molar-refractivity contribution is -0.384. The molecule has 0 aliphatic carbocycles. The normalized spacial score (nSPS) is 12.2. The lowest BCUT2D eigenvalue weighted by Gasteiger charge is -2.13. The lowest BCUT2D eigenvalue weighted by Crippen LogP contribution is -2.21. The molecular formula is C13H20N2O4. The van der Waals surface area contributed by atoms with Crippen LogP contribution < -0.4 is 10.1 Å². The van der Waals surface area contributed by atoms with Gasteiger partial charge in [0, 0.05) is 30.8 Å². The standard InChI is InChI=1S/C13H20N2O4/c1-10(5-6-16)8-14-9-11-7-12(15(17)18)3-4-13(11)19-2/h3-4,7,10,14,16H,5-6,8-9H2,1-2H3.